The predicted molar refractivity (Wildman–Crippen MR) is 80.1 cm³/mol. The molecular formula is C14H14BrN3O3. The Bertz CT molecular complexity index is 655. The summed E-state index contributed by atoms with van der Waals surface area (Å²) < 4.78 is 0.660. The second kappa shape index (κ2) is 6.53. The minimum Gasteiger partial charge on any atom is -0.480 e. The van der Waals surface area contributed by atoms with Gasteiger partial charge in [0.1, 0.15) is 6.04 Å². The molecular weight excluding hydrogens is 338 g/mol. The average Bonchev–Trinajstić information content (AvgIpc) is 2.93. The zero-order valence-electron chi connectivity index (χ0n) is 11.3. The number of halogens is 1. The van der Waals surface area contributed by atoms with Crippen LogP contribution in [0.15, 0.2) is 35.2 Å². The number of rotatable bonds is 5. The van der Waals surface area contributed by atoms with Gasteiger partial charge < -0.3 is 15.4 Å². The second-order valence-electron chi connectivity index (χ2n) is 4.58. The molecule has 1 amide bonds. The van der Waals surface area contributed by atoms with E-state index < -0.39 is 17.9 Å². The van der Waals surface area contributed by atoms with Gasteiger partial charge in [-0.05, 0) is 34.5 Å². The number of H-pyrrole nitrogens is 1. The topological polar surface area (TPSA) is 95.1 Å². The summed E-state index contributed by atoms with van der Waals surface area (Å²) in [6.45, 7) is 1.86. The maximum Gasteiger partial charge on any atom is 0.326 e. The fraction of sp³-hybridized carbons (Fsp3) is 0.214. The van der Waals surface area contributed by atoms with Crippen LogP contribution in [-0.4, -0.2) is 33.0 Å². The van der Waals surface area contributed by atoms with Crippen LogP contribution in [0, 0.1) is 6.92 Å². The molecule has 0 aliphatic rings. The van der Waals surface area contributed by atoms with Gasteiger partial charge >= 0.3 is 5.97 Å². The third-order valence-corrected chi connectivity index (χ3v) is 4.07. The Kier molecular flexibility index (Phi) is 4.74. The van der Waals surface area contributed by atoms with Gasteiger partial charge in [0.05, 0.1) is 11.9 Å². The molecule has 1 heterocycles. The van der Waals surface area contributed by atoms with Crippen LogP contribution >= 0.6 is 15.9 Å². The standard InChI is InChI=1S/C14H14BrN3O3/c1-8-3-2-4-10(12(8)15)13(19)18-11(14(20)21)5-9-6-16-7-17-9/h2-4,6-7,11H,5H2,1H3,(H,16,17)(H,18,19)(H,20,21). The summed E-state index contributed by atoms with van der Waals surface area (Å²) in [5.74, 6) is -1.53. The van der Waals surface area contributed by atoms with Crippen molar-refractivity contribution in [3.05, 3.63) is 52.0 Å². The Labute approximate surface area is 129 Å². The van der Waals surface area contributed by atoms with Crippen molar-refractivity contribution in [3.63, 3.8) is 0 Å². The maximum absolute atomic E-state index is 12.2. The summed E-state index contributed by atoms with van der Waals surface area (Å²) in [7, 11) is 0. The lowest BCUT2D eigenvalue weighted by Crippen LogP contribution is -2.42. The van der Waals surface area contributed by atoms with Gasteiger partial charge in [-0.3, -0.25) is 4.79 Å². The van der Waals surface area contributed by atoms with Crippen molar-refractivity contribution in [3.8, 4) is 0 Å². The SMILES string of the molecule is Cc1cccc(C(=O)NC(Cc2cnc[nH]2)C(=O)O)c1Br. The Morgan fingerprint density at radius 3 is 2.86 bits per heavy atom. The number of aryl methyl sites for hydroxylation is 1. The molecule has 3 N–H and O–H groups in total. The molecule has 0 spiro atoms. The van der Waals surface area contributed by atoms with Crippen molar-refractivity contribution in [1.29, 1.82) is 0 Å². The summed E-state index contributed by atoms with van der Waals surface area (Å²) in [4.78, 5) is 30.2. The Morgan fingerprint density at radius 1 is 1.48 bits per heavy atom. The highest BCUT2D eigenvalue weighted by Gasteiger charge is 2.22. The number of hydrogen-bond donors (Lipinski definition) is 3. The third kappa shape index (κ3) is 3.69. The van der Waals surface area contributed by atoms with Gasteiger partial charge in [-0.15, -0.1) is 0 Å². The number of carboxylic acid groups (broad SMARTS) is 1. The zero-order chi connectivity index (χ0) is 15.4. The van der Waals surface area contributed by atoms with Crippen LogP contribution < -0.4 is 5.32 Å². The summed E-state index contributed by atoms with van der Waals surface area (Å²) in [5, 5.41) is 11.8. The van der Waals surface area contributed by atoms with E-state index in [4.69, 9.17) is 0 Å². The lowest BCUT2D eigenvalue weighted by Gasteiger charge is -2.15. The van der Waals surface area contributed by atoms with Crippen LogP contribution in [0.25, 0.3) is 0 Å². The van der Waals surface area contributed by atoms with E-state index in [1.165, 1.54) is 12.5 Å². The molecule has 1 unspecified atom stereocenters. The molecule has 2 aromatic rings. The van der Waals surface area contributed by atoms with Crippen LogP contribution in [0.3, 0.4) is 0 Å². The Morgan fingerprint density at radius 2 is 2.24 bits per heavy atom. The highest BCUT2D eigenvalue weighted by atomic mass is 79.9. The number of aliphatic carboxylic acids is 1. The minimum atomic E-state index is -1.10. The molecule has 0 radical (unpaired) electrons. The molecule has 0 fully saturated rings. The molecule has 0 saturated carbocycles. The average molecular weight is 352 g/mol. The van der Waals surface area contributed by atoms with Gasteiger partial charge in [0.15, 0.2) is 0 Å². The van der Waals surface area contributed by atoms with E-state index in [2.05, 4.69) is 31.2 Å². The maximum atomic E-state index is 12.2. The highest BCUT2D eigenvalue weighted by molar-refractivity contribution is 9.10. The molecule has 6 nitrogen and oxygen atoms in total. The van der Waals surface area contributed by atoms with Gasteiger partial charge in [0, 0.05) is 22.8 Å². The van der Waals surface area contributed by atoms with Crippen LogP contribution in [0.1, 0.15) is 21.6 Å². The van der Waals surface area contributed by atoms with E-state index >= 15 is 0 Å². The zero-order valence-corrected chi connectivity index (χ0v) is 12.8. The molecule has 0 aliphatic carbocycles. The number of benzene rings is 1. The van der Waals surface area contributed by atoms with Gasteiger partial charge in [-0.2, -0.15) is 0 Å². The van der Waals surface area contributed by atoms with Crippen molar-refractivity contribution in [2.75, 3.05) is 0 Å². The smallest absolute Gasteiger partial charge is 0.326 e. The second-order valence-corrected chi connectivity index (χ2v) is 5.37. The number of carboxylic acids is 1. The molecule has 21 heavy (non-hydrogen) atoms. The van der Waals surface area contributed by atoms with E-state index in [0.717, 1.165) is 5.56 Å². The Hall–Kier alpha value is -2.15. The number of aromatic nitrogens is 2. The van der Waals surface area contributed by atoms with Gasteiger partial charge in [0.25, 0.3) is 5.91 Å². The number of carbonyl (C=O) groups excluding carboxylic acids is 1. The molecule has 1 aromatic heterocycles. The van der Waals surface area contributed by atoms with Crippen molar-refractivity contribution < 1.29 is 14.7 Å². The number of hydrogen-bond acceptors (Lipinski definition) is 3. The number of amides is 1. The van der Waals surface area contributed by atoms with Gasteiger partial charge in [-0.25, -0.2) is 9.78 Å². The largest absolute Gasteiger partial charge is 0.480 e. The van der Waals surface area contributed by atoms with Crippen molar-refractivity contribution in [2.24, 2.45) is 0 Å². The molecule has 1 atom stereocenters. The summed E-state index contributed by atoms with van der Waals surface area (Å²) in [6.07, 6.45) is 3.14. The first-order valence-electron chi connectivity index (χ1n) is 6.25. The van der Waals surface area contributed by atoms with E-state index in [9.17, 15) is 14.7 Å². The molecule has 0 aliphatic heterocycles. The monoisotopic (exact) mass is 351 g/mol. The normalized spacial score (nSPS) is 11.9. The number of nitrogens with one attached hydrogen (secondary N) is 2. The molecule has 0 saturated heterocycles. The first kappa shape index (κ1) is 15.2. The molecule has 7 heteroatoms. The van der Waals surface area contributed by atoms with E-state index in [-0.39, 0.29) is 6.42 Å². The van der Waals surface area contributed by atoms with E-state index in [1.807, 2.05) is 13.0 Å². The molecule has 0 bridgehead atoms. The first-order valence-corrected chi connectivity index (χ1v) is 7.04. The Balaban J connectivity index is 2.15. The van der Waals surface area contributed by atoms with E-state index in [0.29, 0.717) is 15.7 Å². The summed E-state index contributed by atoms with van der Waals surface area (Å²) >= 11 is 3.34. The number of carbonyl (C=O) groups is 2. The fourth-order valence-corrected chi connectivity index (χ4v) is 2.32. The highest BCUT2D eigenvalue weighted by Crippen LogP contribution is 2.21. The quantitative estimate of drug-likeness (QED) is 0.766. The van der Waals surface area contributed by atoms with Crippen molar-refractivity contribution in [2.45, 2.75) is 19.4 Å². The van der Waals surface area contributed by atoms with Crippen LogP contribution in [0.5, 0.6) is 0 Å². The van der Waals surface area contributed by atoms with E-state index in [1.54, 1.807) is 12.1 Å². The van der Waals surface area contributed by atoms with Gasteiger partial charge in [-0.1, -0.05) is 12.1 Å². The molecule has 2 rings (SSSR count). The fourth-order valence-electron chi connectivity index (χ4n) is 1.88. The number of imidazole rings is 1. The van der Waals surface area contributed by atoms with Crippen LogP contribution in [0.2, 0.25) is 0 Å². The number of nitrogens with zero attached hydrogens (tertiary/aromatic N) is 1. The lowest BCUT2D eigenvalue weighted by atomic mass is 10.1. The van der Waals surface area contributed by atoms with Crippen LogP contribution in [-0.2, 0) is 11.2 Å². The third-order valence-electron chi connectivity index (χ3n) is 3.02. The number of aromatic amines is 1. The van der Waals surface area contributed by atoms with Crippen LogP contribution in [0.4, 0.5) is 0 Å². The predicted octanol–water partition coefficient (Wildman–Crippen LogP) is 1.91. The summed E-state index contributed by atoms with van der Waals surface area (Å²) in [5.41, 5.74) is 1.96. The first-order chi connectivity index (χ1) is 9.99. The summed E-state index contributed by atoms with van der Waals surface area (Å²) in [6, 6.07) is 4.23. The molecule has 1 aromatic carbocycles. The van der Waals surface area contributed by atoms with Crippen molar-refractivity contribution in [1.82, 2.24) is 15.3 Å². The van der Waals surface area contributed by atoms with Crippen molar-refractivity contribution >= 4 is 27.8 Å². The minimum absolute atomic E-state index is 0.143. The molecule has 110 valence electrons. The lowest BCUT2D eigenvalue weighted by molar-refractivity contribution is -0.139. The van der Waals surface area contributed by atoms with Gasteiger partial charge in [0.2, 0.25) is 0 Å².